The molecule has 0 bridgehead atoms. The van der Waals surface area contributed by atoms with Crippen LogP contribution in [-0.2, 0) is 21.9 Å². The van der Waals surface area contributed by atoms with Crippen LogP contribution in [0.5, 0.6) is 0 Å². The summed E-state index contributed by atoms with van der Waals surface area (Å²) in [5, 5.41) is 9.01. The topological polar surface area (TPSA) is 84.3 Å². The highest BCUT2D eigenvalue weighted by Crippen LogP contribution is 2.27. The highest BCUT2D eigenvalue weighted by molar-refractivity contribution is 7.91. The van der Waals surface area contributed by atoms with E-state index in [0.29, 0.717) is 30.1 Å². The average molecular weight is 383 g/mol. The maximum absolute atomic E-state index is 12.6. The first-order valence-corrected chi connectivity index (χ1v) is 10.5. The molecular formula is C16H22N4O3S2. The van der Waals surface area contributed by atoms with E-state index in [1.54, 1.807) is 22.2 Å². The van der Waals surface area contributed by atoms with E-state index in [4.69, 9.17) is 0 Å². The van der Waals surface area contributed by atoms with Crippen molar-refractivity contribution in [2.75, 3.05) is 18.4 Å². The zero-order chi connectivity index (χ0) is 18.2. The molecule has 0 unspecified atom stereocenters. The van der Waals surface area contributed by atoms with Gasteiger partial charge in [0.05, 0.1) is 17.1 Å². The summed E-state index contributed by atoms with van der Waals surface area (Å²) in [6.45, 7) is 4.50. The van der Waals surface area contributed by atoms with Gasteiger partial charge in [-0.2, -0.15) is 9.40 Å². The van der Waals surface area contributed by atoms with E-state index in [1.165, 1.54) is 15.6 Å². The maximum Gasteiger partial charge on any atom is 0.252 e. The minimum atomic E-state index is -3.43. The van der Waals surface area contributed by atoms with Gasteiger partial charge in [0.2, 0.25) is 5.91 Å². The van der Waals surface area contributed by atoms with Gasteiger partial charge in [0, 0.05) is 26.1 Å². The molecule has 9 heteroatoms. The molecule has 2 aromatic rings. The fraction of sp³-hybridized carbons (Fsp3) is 0.500. The van der Waals surface area contributed by atoms with E-state index in [0.717, 1.165) is 17.1 Å². The van der Waals surface area contributed by atoms with Crippen LogP contribution in [0.2, 0.25) is 0 Å². The van der Waals surface area contributed by atoms with Crippen LogP contribution in [0, 0.1) is 19.8 Å². The second-order valence-corrected chi connectivity index (χ2v) is 9.38. The monoisotopic (exact) mass is 382 g/mol. The van der Waals surface area contributed by atoms with Gasteiger partial charge in [-0.05, 0) is 38.1 Å². The number of carbonyl (C=O) groups is 1. The van der Waals surface area contributed by atoms with Crippen molar-refractivity contribution in [3.05, 3.63) is 28.9 Å². The summed E-state index contributed by atoms with van der Waals surface area (Å²) >= 11 is 1.22. The maximum atomic E-state index is 12.6. The van der Waals surface area contributed by atoms with Gasteiger partial charge >= 0.3 is 0 Å². The number of hydrogen-bond acceptors (Lipinski definition) is 5. The van der Waals surface area contributed by atoms with Crippen molar-refractivity contribution in [1.82, 2.24) is 14.1 Å². The highest BCUT2D eigenvalue weighted by atomic mass is 32.2. The number of amides is 1. The van der Waals surface area contributed by atoms with Crippen molar-refractivity contribution >= 4 is 33.0 Å². The predicted molar refractivity (Wildman–Crippen MR) is 97.1 cm³/mol. The second kappa shape index (κ2) is 6.89. The number of thiophene rings is 1. The molecule has 1 N–H and O–H groups in total. The Morgan fingerprint density at radius 1 is 1.32 bits per heavy atom. The lowest BCUT2D eigenvalue weighted by Crippen LogP contribution is -2.41. The van der Waals surface area contributed by atoms with Gasteiger partial charge < -0.3 is 5.32 Å². The van der Waals surface area contributed by atoms with Crippen LogP contribution in [0.25, 0.3) is 0 Å². The zero-order valence-corrected chi connectivity index (χ0v) is 16.2. The molecule has 1 fully saturated rings. The molecule has 25 heavy (non-hydrogen) atoms. The first kappa shape index (κ1) is 18.1. The van der Waals surface area contributed by atoms with Crippen molar-refractivity contribution in [3.8, 4) is 0 Å². The third-order valence-corrected chi connectivity index (χ3v) is 7.94. The molecule has 1 saturated heterocycles. The van der Waals surface area contributed by atoms with E-state index < -0.39 is 10.0 Å². The number of hydrogen-bond donors (Lipinski definition) is 1. The van der Waals surface area contributed by atoms with Crippen LogP contribution in [0.1, 0.15) is 24.2 Å². The smallest absolute Gasteiger partial charge is 0.252 e. The molecule has 0 aliphatic carbocycles. The third-order valence-electron chi connectivity index (χ3n) is 4.67. The first-order valence-electron chi connectivity index (χ1n) is 8.15. The molecule has 0 aromatic carbocycles. The van der Waals surface area contributed by atoms with Gasteiger partial charge in [-0.1, -0.05) is 6.07 Å². The molecule has 1 amide bonds. The van der Waals surface area contributed by atoms with E-state index in [2.05, 4.69) is 10.4 Å². The van der Waals surface area contributed by atoms with Crippen LogP contribution in [0.3, 0.4) is 0 Å². The molecule has 0 radical (unpaired) electrons. The van der Waals surface area contributed by atoms with E-state index >= 15 is 0 Å². The number of aryl methyl sites for hydroxylation is 2. The van der Waals surface area contributed by atoms with E-state index in [1.807, 2.05) is 20.9 Å². The summed E-state index contributed by atoms with van der Waals surface area (Å²) in [4.78, 5) is 12.6. The van der Waals surface area contributed by atoms with E-state index in [9.17, 15) is 13.2 Å². The van der Waals surface area contributed by atoms with Crippen molar-refractivity contribution in [2.24, 2.45) is 13.0 Å². The number of nitrogens with one attached hydrogen (secondary N) is 1. The largest absolute Gasteiger partial charge is 0.323 e. The molecule has 2 aromatic heterocycles. The molecule has 0 saturated carbocycles. The summed E-state index contributed by atoms with van der Waals surface area (Å²) in [5.41, 5.74) is 2.44. The standard InChI is InChI=1S/C16H22N4O3S2/c1-11-15(12(2)19(3)18-11)17-16(21)13-6-8-20(9-7-13)25(22,23)14-5-4-10-24-14/h4-5,10,13H,6-9H2,1-3H3,(H,17,21). The van der Waals surface area contributed by atoms with Crippen LogP contribution in [-0.4, -0.2) is 41.5 Å². The SMILES string of the molecule is Cc1nn(C)c(C)c1NC(=O)C1CCN(S(=O)(=O)c2cccs2)CC1. The number of rotatable bonds is 4. The Kier molecular flexibility index (Phi) is 4.99. The number of nitrogens with zero attached hydrogens (tertiary/aromatic N) is 3. The van der Waals surface area contributed by atoms with Crippen LogP contribution >= 0.6 is 11.3 Å². The number of aromatic nitrogens is 2. The number of sulfonamides is 1. The van der Waals surface area contributed by atoms with Crippen LogP contribution in [0.15, 0.2) is 21.7 Å². The molecular weight excluding hydrogens is 360 g/mol. The van der Waals surface area contributed by atoms with Crippen LogP contribution < -0.4 is 5.32 Å². The minimum absolute atomic E-state index is 0.0626. The predicted octanol–water partition coefficient (Wildman–Crippen LogP) is 2.14. The Morgan fingerprint density at radius 3 is 2.52 bits per heavy atom. The summed E-state index contributed by atoms with van der Waals surface area (Å²) in [7, 11) is -1.59. The minimum Gasteiger partial charge on any atom is -0.323 e. The molecule has 1 aliphatic rings. The molecule has 1 aliphatic heterocycles. The fourth-order valence-corrected chi connectivity index (χ4v) is 5.69. The Labute approximate surface area is 151 Å². The second-order valence-electron chi connectivity index (χ2n) is 6.27. The molecule has 0 atom stereocenters. The van der Waals surface area contributed by atoms with Crippen molar-refractivity contribution < 1.29 is 13.2 Å². The molecule has 3 rings (SSSR count). The normalized spacial score (nSPS) is 16.9. The van der Waals surface area contributed by atoms with Gasteiger partial charge in [-0.3, -0.25) is 9.48 Å². The molecule has 3 heterocycles. The lowest BCUT2D eigenvalue weighted by atomic mass is 9.97. The highest BCUT2D eigenvalue weighted by Gasteiger charge is 2.33. The fourth-order valence-electron chi connectivity index (χ4n) is 3.08. The average Bonchev–Trinajstić information content (AvgIpc) is 3.20. The van der Waals surface area contributed by atoms with Crippen molar-refractivity contribution in [3.63, 3.8) is 0 Å². The molecule has 7 nitrogen and oxygen atoms in total. The third kappa shape index (κ3) is 3.49. The van der Waals surface area contributed by atoms with Gasteiger partial charge in [0.25, 0.3) is 10.0 Å². The van der Waals surface area contributed by atoms with Crippen molar-refractivity contribution in [2.45, 2.75) is 30.9 Å². The Morgan fingerprint density at radius 2 is 2.00 bits per heavy atom. The molecule has 136 valence electrons. The van der Waals surface area contributed by atoms with Gasteiger partial charge in [0.15, 0.2) is 0 Å². The zero-order valence-electron chi connectivity index (χ0n) is 14.5. The summed E-state index contributed by atoms with van der Waals surface area (Å²) in [6.07, 6.45) is 1.05. The van der Waals surface area contributed by atoms with Crippen molar-refractivity contribution in [1.29, 1.82) is 0 Å². The summed E-state index contributed by atoms with van der Waals surface area (Å²) in [5.74, 6) is -0.249. The van der Waals surface area contributed by atoms with Crippen LogP contribution in [0.4, 0.5) is 5.69 Å². The Hall–Kier alpha value is -1.71. The first-order chi connectivity index (χ1) is 11.8. The molecule has 0 spiro atoms. The number of piperidine rings is 1. The summed E-state index contributed by atoms with van der Waals surface area (Å²) < 4.78 is 28.6. The number of anilines is 1. The Balaban J connectivity index is 1.63. The van der Waals surface area contributed by atoms with Gasteiger partial charge in [-0.15, -0.1) is 11.3 Å². The number of carbonyl (C=O) groups excluding carboxylic acids is 1. The lowest BCUT2D eigenvalue weighted by molar-refractivity contribution is -0.120. The van der Waals surface area contributed by atoms with Gasteiger partial charge in [-0.25, -0.2) is 8.42 Å². The summed E-state index contributed by atoms with van der Waals surface area (Å²) in [6, 6.07) is 3.35. The Bertz CT molecular complexity index is 864. The lowest BCUT2D eigenvalue weighted by Gasteiger charge is -2.30. The quantitative estimate of drug-likeness (QED) is 0.878. The van der Waals surface area contributed by atoms with Gasteiger partial charge in [0.1, 0.15) is 4.21 Å². The van der Waals surface area contributed by atoms with E-state index in [-0.39, 0.29) is 11.8 Å².